The largest absolute Gasteiger partial charge is 0.339 e. The summed E-state index contributed by atoms with van der Waals surface area (Å²) >= 11 is 1.09. The Morgan fingerprint density at radius 2 is 2.13 bits per heavy atom. The fraction of sp³-hybridized carbons (Fsp3) is 0.273. The molecule has 3 nitrogen and oxygen atoms in total. The van der Waals surface area contributed by atoms with Gasteiger partial charge in [-0.2, -0.15) is 5.26 Å². The molecule has 0 unspecified atom stereocenters. The molecule has 0 N–H and O–H groups in total. The zero-order valence-electron chi connectivity index (χ0n) is 8.94. The molecule has 0 radical (unpaired) electrons. The molecule has 0 fully saturated rings. The molecule has 0 atom stereocenters. The van der Waals surface area contributed by atoms with Gasteiger partial charge < -0.3 is 4.90 Å². The Morgan fingerprint density at radius 1 is 1.47 bits per heavy atom. The number of nitrogens with zero attached hydrogens (tertiary/aromatic N) is 2. The lowest BCUT2D eigenvalue weighted by atomic mass is 10.1. The lowest BCUT2D eigenvalue weighted by molar-refractivity contribution is 0.241. The molecule has 0 bridgehead atoms. The summed E-state index contributed by atoms with van der Waals surface area (Å²) in [6, 6.07) is 7.52. The van der Waals surface area contributed by atoms with Crippen molar-refractivity contribution in [2.24, 2.45) is 0 Å². The number of aryl methyl sites for hydroxylation is 1. The van der Waals surface area contributed by atoms with E-state index in [1.54, 1.807) is 20.2 Å². The molecule has 0 aliphatic heterocycles. The van der Waals surface area contributed by atoms with Crippen LogP contribution in [-0.4, -0.2) is 24.2 Å². The summed E-state index contributed by atoms with van der Waals surface area (Å²) in [5, 5.41) is 8.84. The second-order valence-corrected chi connectivity index (χ2v) is 4.29. The summed E-state index contributed by atoms with van der Waals surface area (Å²) in [4.78, 5) is 13.8. The van der Waals surface area contributed by atoms with Gasteiger partial charge in [0.15, 0.2) is 0 Å². The SMILES string of the molecule is Cc1cccc(C#N)c1SC(=O)N(C)C. The highest BCUT2D eigenvalue weighted by Gasteiger charge is 2.12. The first-order chi connectivity index (χ1) is 7.06. The van der Waals surface area contributed by atoms with E-state index < -0.39 is 0 Å². The van der Waals surface area contributed by atoms with Crippen LogP contribution in [0, 0.1) is 18.3 Å². The Kier molecular flexibility index (Phi) is 3.75. The van der Waals surface area contributed by atoms with Crippen LogP contribution in [0.5, 0.6) is 0 Å². The van der Waals surface area contributed by atoms with Gasteiger partial charge in [-0.15, -0.1) is 0 Å². The molecule has 0 saturated heterocycles. The average Bonchev–Trinajstić information content (AvgIpc) is 2.20. The molecule has 0 spiro atoms. The normalized spacial score (nSPS) is 9.47. The molecule has 0 aromatic heterocycles. The smallest absolute Gasteiger partial charge is 0.285 e. The van der Waals surface area contributed by atoms with Gasteiger partial charge in [0.1, 0.15) is 6.07 Å². The fourth-order valence-electron chi connectivity index (χ4n) is 1.05. The van der Waals surface area contributed by atoms with Crippen LogP contribution < -0.4 is 0 Å². The second kappa shape index (κ2) is 4.85. The number of carbonyl (C=O) groups excluding carboxylic acids is 1. The molecule has 0 aliphatic rings. The molecule has 1 aromatic rings. The van der Waals surface area contributed by atoms with Crippen LogP contribution in [0.4, 0.5) is 4.79 Å². The van der Waals surface area contributed by atoms with E-state index in [1.807, 2.05) is 19.1 Å². The molecule has 0 heterocycles. The monoisotopic (exact) mass is 220 g/mol. The number of benzene rings is 1. The van der Waals surface area contributed by atoms with Gasteiger partial charge in [-0.1, -0.05) is 12.1 Å². The Balaban J connectivity index is 3.04. The fourth-order valence-corrected chi connectivity index (χ4v) is 1.86. The van der Waals surface area contributed by atoms with E-state index in [0.717, 1.165) is 22.2 Å². The molecule has 78 valence electrons. The number of rotatable bonds is 1. The van der Waals surface area contributed by atoms with Gasteiger partial charge in [0.25, 0.3) is 5.24 Å². The topological polar surface area (TPSA) is 44.1 Å². The van der Waals surface area contributed by atoms with Crippen molar-refractivity contribution >= 4 is 17.0 Å². The summed E-state index contributed by atoms with van der Waals surface area (Å²) in [7, 11) is 3.39. The van der Waals surface area contributed by atoms with Gasteiger partial charge >= 0.3 is 0 Å². The maximum absolute atomic E-state index is 11.5. The van der Waals surface area contributed by atoms with Crippen molar-refractivity contribution in [3.05, 3.63) is 29.3 Å². The lowest BCUT2D eigenvalue weighted by Crippen LogP contribution is -2.16. The van der Waals surface area contributed by atoms with Crippen molar-refractivity contribution in [3.8, 4) is 6.07 Å². The number of thioether (sulfide) groups is 1. The molecule has 1 aromatic carbocycles. The molecular weight excluding hydrogens is 208 g/mol. The van der Waals surface area contributed by atoms with E-state index in [1.165, 1.54) is 4.90 Å². The highest BCUT2D eigenvalue weighted by Crippen LogP contribution is 2.27. The van der Waals surface area contributed by atoms with Crippen LogP contribution in [0.2, 0.25) is 0 Å². The van der Waals surface area contributed by atoms with Crippen molar-refractivity contribution in [3.63, 3.8) is 0 Å². The highest BCUT2D eigenvalue weighted by molar-refractivity contribution is 8.13. The molecule has 15 heavy (non-hydrogen) atoms. The van der Waals surface area contributed by atoms with Crippen molar-refractivity contribution in [2.75, 3.05) is 14.1 Å². The molecule has 4 heteroatoms. The quantitative estimate of drug-likeness (QED) is 0.683. The molecule has 0 saturated carbocycles. The standard InChI is InChI=1S/C11H12N2OS/c1-8-5-4-6-9(7-12)10(8)15-11(14)13(2)3/h4-6H,1-3H3. The summed E-state index contributed by atoms with van der Waals surface area (Å²) in [5.41, 5.74) is 1.50. The van der Waals surface area contributed by atoms with Crippen molar-refractivity contribution in [1.82, 2.24) is 4.90 Å². The Hall–Kier alpha value is -1.47. The Bertz CT molecular complexity index is 421. The average molecular weight is 220 g/mol. The van der Waals surface area contributed by atoms with E-state index >= 15 is 0 Å². The second-order valence-electron chi connectivity index (χ2n) is 3.33. The van der Waals surface area contributed by atoms with Gasteiger partial charge in [0.2, 0.25) is 0 Å². The first kappa shape index (κ1) is 11.6. The van der Waals surface area contributed by atoms with Crippen LogP contribution in [0.25, 0.3) is 0 Å². The minimum Gasteiger partial charge on any atom is -0.339 e. The maximum Gasteiger partial charge on any atom is 0.285 e. The minimum atomic E-state index is -0.0687. The van der Waals surface area contributed by atoms with Crippen molar-refractivity contribution in [2.45, 2.75) is 11.8 Å². The number of amides is 1. The van der Waals surface area contributed by atoms with Gasteiger partial charge in [-0.25, -0.2) is 0 Å². The maximum atomic E-state index is 11.5. The third-order valence-corrected chi connectivity index (χ3v) is 3.17. The third-order valence-electron chi connectivity index (χ3n) is 1.89. The zero-order chi connectivity index (χ0) is 11.4. The summed E-state index contributed by atoms with van der Waals surface area (Å²) in [5.74, 6) is 0. The molecule has 0 aliphatic carbocycles. The molecule has 1 rings (SSSR count). The molecule has 1 amide bonds. The van der Waals surface area contributed by atoms with Crippen molar-refractivity contribution in [1.29, 1.82) is 5.26 Å². The van der Waals surface area contributed by atoms with Crippen LogP contribution in [0.15, 0.2) is 23.1 Å². The van der Waals surface area contributed by atoms with Gasteiger partial charge in [0.05, 0.1) is 5.56 Å². The zero-order valence-corrected chi connectivity index (χ0v) is 9.76. The van der Waals surface area contributed by atoms with E-state index in [0.29, 0.717) is 5.56 Å². The van der Waals surface area contributed by atoms with Crippen LogP contribution in [0.3, 0.4) is 0 Å². The van der Waals surface area contributed by atoms with Crippen molar-refractivity contribution < 1.29 is 4.79 Å². The first-order valence-corrected chi connectivity index (χ1v) is 5.26. The Labute approximate surface area is 93.7 Å². The van der Waals surface area contributed by atoms with Gasteiger partial charge in [-0.05, 0) is 30.3 Å². The Morgan fingerprint density at radius 3 is 2.67 bits per heavy atom. The van der Waals surface area contributed by atoms with Crippen LogP contribution in [0.1, 0.15) is 11.1 Å². The minimum absolute atomic E-state index is 0.0687. The predicted molar refractivity (Wildman–Crippen MR) is 60.8 cm³/mol. The predicted octanol–water partition coefficient (Wildman–Crippen LogP) is 2.64. The number of hydrogen-bond donors (Lipinski definition) is 0. The third kappa shape index (κ3) is 2.74. The molecular formula is C11H12N2OS. The summed E-state index contributed by atoms with van der Waals surface area (Å²) in [6.45, 7) is 1.89. The van der Waals surface area contributed by atoms with Crippen LogP contribution >= 0.6 is 11.8 Å². The first-order valence-electron chi connectivity index (χ1n) is 4.45. The van der Waals surface area contributed by atoms with E-state index in [9.17, 15) is 4.79 Å². The van der Waals surface area contributed by atoms with Gasteiger partial charge in [-0.3, -0.25) is 4.79 Å². The van der Waals surface area contributed by atoms with E-state index in [2.05, 4.69) is 6.07 Å². The highest BCUT2D eigenvalue weighted by atomic mass is 32.2. The number of hydrogen-bond acceptors (Lipinski definition) is 3. The van der Waals surface area contributed by atoms with E-state index in [-0.39, 0.29) is 5.24 Å². The van der Waals surface area contributed by atoms with E-state index in [4.69, 9.17) is 5.26 Å². The lowest BCUT2D eigenvalue weighted by Gasteiger charge is -2.11. The van der Waals surface area contributed by atoms with Gasteiger partial charge in [0, 0.05) is 19.0 Å². The number of nitriles is 1. The number of carbonyl (C=O) groups is 1. The summed E-state index contributed by atoms with van der Waals surface area (Å²) in [6.07, 6.45) is 0. The summed E-state index contributed by atoms with van der Waals surface area (Å²) < 4.78 is 0. The van der Waals surface area contributed by atoms with Crippen LogP contribution in [-0.2, 0) is 0 Å².